The molecule has 1 aromatic heterocycles. The third kappa shape index (κ3) is 1.65. The number of amides is 1. The lowest BCUT2D eigenvalue weighted by Crippen LogP contribution is -2.39. The van der Waals surface area contributed by atoms with Crippen LogP contribution >= 0.6 is 0 Å². The van der Waals surface area contributed by atoms with Crippen molar-refractivity contribution >= 4 is 18.0 Å². The summed E-state index contributed by atoms with van der Waals surface area (Å²) in [5, 5.41) is 6.95. The van der Waals surface area contributed by atoms with Crippen LogP contribution in [0.4, 0.5) is 10.7 Å². The maximum Gasteiger partial charge on any atom is 0.448 e. The Bertz CT molecular complexity index is 402. The number of aromatic amines is 1. The first-order chi connectivity index (χ1) is 7.20. The van der Waals surface area contributed by atoms with Gasteiger partial charge in [0, 0.05) is 0 Å². The minimum Gasteiger partial charge on any atom is -0.463 e. The highest BCUT2D eigenvalue weighted by Gasteiger charge is 2.24. The normalized spacial score (nSPS) is 14.7. The molecule has 0 bridgehead atoms. The molecule has 1 saturated heterocycles. The van der Waals surface area contributed by atoms with E-state index in [1.165, 1.54) is 7.11 Å². The largest absolute Gasteiger partial charge is 0.463 e. The van der Waals surface area contributed by atoms with Gasteiger partial charge in [-0.05, 0) is 5.59 Å². The Labute approximate surface area is 82.4 Å². The topological polar surface area (TPSA) is 121 Å². The number of esters is 1. The standard InChI is InChI=1S/C5H6N6O4/c1-14-3(12)2-6-4(8-7-2)11-9-5(13)15-10-11/h10H,1H3,(H,9,13)(H,6,7,8). The summed E-state index contributed by atoms with van der Waals surface area (Å²) in [6.07, 6.45) is -0.709. The van der Waals surface area contributed by atoms with Gasteiger partial charge < -0.3 is 9.57 Å². The lowest BCUT2D eigenvalue weighted by Gasteiger charge is -2.06. The second-order valence-corrected chi connectivity index (χ2v) is 2.40. The first kappa shape index (κ1) is 9.21. The number of anilines is 1. The van der Waals surface area contributed by atoms with Crippen LogP contribution < -0.4 is 16.1 Å². The highest BCUT2D eigenvalue weighted by molar-refractivity contribution is 5.85. The average molecular weight is 214 g/mol. The number of nitrogens with one attached hydrogen (secondary N) is 3. The molecular weight excluding hydrogens is 208 g/mol. The van der Waals surface area contributed by atoms with Crippen LogP contribution in [0.25, 0.3) is 0 Å². The molecule has 0 radical (unpaired) electrons. The van der Waals surface area contributed by atoms with Gasteiger partial charge in [-0.15, -0.1) is 10.2 Å². The second kappa shape index (κ2) is 3.42. The van der Waals surface area contributed by atoms with Crippen molar-refractivity contribution in [1.82, 2.24) is 26.2 Å². The second-order valence-electron chi connectivity index (χ2n) is 2.40. The maximum absolute atomic E-state index is 11.0. The lowest BCUT2D eigenvalue weighted by molar-refractivity contribution is 0.0587. The van der Waals surface area contributed by atoms with Crippen LogP contribution in [0.3, 0.4) is 0 Å². The quantitative estimate of drug-likeness (QED) is 0.507. The average Bonchev–Trinajstić information content (AvgIpc) is 2.84. The molecule has 2 heterocycles. The summed E-state index contributed by atoms with van der Waals surface area (Å²) in [5.74, 6) is -0.739. The number of methoxy groups -OCH3 is 1. The summed E-state index contributed by atoms with van der Waals surface area (Å²) in [6, 6.07) is 0. The zero-order valence-electron chi connectivity index (χ0n) is 7.47. The molecule has 80 valence electrons. The molecule has 1 aliphatic heterocycles. The van der Waals surface area contributed by atoms with Crippen molar-refractivity contribution in [1.29, 1.82) is 0 Å². The van der Waals surface area contributed by atoms with Gasteiger partial charge in [0.05, 0.1) is 7.11 Å². The number of ether oxygens (including phenoxy) is 1. The first-order valence-electron chi connectivity index (χ1n) is 3.74. The minimum absolute atomic E-state index is 0.0150. The highest BCUT2D eigenvalue weighted by Crippen LogP contribution is 2.05. The van der Waals surface area contributed by atoms with E-state index >= 15 is 0 Å². The third-order valence-electron chi connectivity index (χ3n) is 1.49. The first-order valence-corrected chi connectivity index (χ1v) is 3.74. The van der Waals surface area contributed by atoms with E-state index < -0.39 is 12.1 Å². The Balaban J connectivity index is 2.13. The van der Waals surface area contributed by atoms with Gasteiger partial charge in [0.2, 0.25) is 5.82 Å². The third-order valence-corrected chi connectivity index (χ3v) is 1.49. The highest BCUT2D eigenvalue weighted by atomic mass is 16.8. The van der Waals surface area contributed by atoms with Gasteiger partial charge in [-0.2, -0.15) is 4.98 Å². The number of H-pyrrole nitrogens is 1. The summed E-state index contributed by atoms with van der Waals surface area (Å²) < 4.78 is 4.40. The van der Waals surface area contributed by atoms with E-state index in [0.29, 0.717) is 0 Å². The summed E-state index contributed by atoms with van der Waals surface area (Å²) >= 11 is 0. The van der Waals surface area contributed by atoms with Gasteiger partial charge in [-0.1, -0.05) is 0 Å². The molecule has 1 aliphatic rings. The lowest BCUT2D eigenvalue weighted by atomic mass is 10.6. The smallest absolute Gasteiger partial charge is 0.448 e. The van der Waals surface area contributed by atoms with Crippen LogP contribution in [0.2, 0.25) is 0 Å². The number of hydrogen-bond acceptors (Lipinski definition) is 8. The maximum atomic E-state index is 11.0. The number of carbonyl (C=O) groups is 2. The number of aromatic nitrogens is 3. The van der Waals surface area contributed by atoms with Crippen LogP contribution in [-0.4, -0.2) is 34.4 Å². The Morgan fingerprint density at radius 1 is 1.60 bits per heavy atom. The number of hydrogen-bond donors (Lipinski definition) is 3. The fourth-order valence-corrected chi connectivity index (χ4v) is 0.856. The minimum atomic E-state index is -0.709. The zero-order chi connectivity index (χ0) is 10.8. The summed E-state index contributed by atoms with van der Waals surface area (Å²) in [5.41, 5.74) is 4.37. The van der Waals surface area contributed by atoms with Gasteiger partial charge in [0.15, 0.2) is 0 Å². The molecule has 1 aromatic rings. The van der Waals surface area contributed by atoms with Crippen molar-refractivity contribution in [2.75, 3.05) is 12.2 Å². The van der Waals surface area contributed by atoms with E-state index in [9.17, 15) is 9.59 Å². The van der Waals surface area contributed by atoms with E-state index in [4.69, 9.17) is 0 Å². The molecule has 0 unspecified atom stereocenters. The monoisotopic (exact) mass is 214 g/mol. The number of hydrazine groups is 2. The molecule has 0 atom stereocenters. The summed E-state index contributed by atoms with van der Waals surface area (Å²) in [6.45, 7) is 0. The van der Waals surface area contributed by atoms with Crippen molar-refractivity contribution < 1.29 is 19.2 Å². The van der Waals surface area contributed by atoms with Crippen LogP contribution in [0.1, 0.15) is 10.6 Å². The van der Waals surface area contributed by atoms with Crippen molar-refractivity contribution in [3.05, 3.63) is 5.82 Å². The number of rotatable bonds is 2. The van der Waals surface area contributed by atoms with E-state index in [-0.39, 0.29) is 11.8 Å². The molecule has 0 saturated carbocycles. The molecular formula is C5H6N6O4. The van der Waals surface area contributed by atoms with Crippen LogP contribution in [-0.2, 0) is 9.57 Å². The van der Waals surface area contributed by atoms with Gasteiger partial charge in [-0.25, -0.2) is 15.0 Å². The van der Waals surface area contributed by atoms with Gasteiger partial charge in [0.25, 0.3) is 5.95 Å². The van der Waals surface area contributed by atoms with E-state index in [2.05, 4.69) is 35.8 Å². The Hall–Kier alpha value is -2.36. The fourth-order valence-electron chi connectivity index (χ4n) is 0.856. The van der Waals surface area contributed by atoms with Crippen molar-refractivity contribution in [2.24, 2.45) is 0 Å². The van der Waals surface area contributed by atoms with Crippen LogP contribution in [0, 0.1) is 0 Å². The van der Waals surface area contributed by atoms with Crippen molar-refractivity contribution in [3.63, 3.8) is 0 Å². The molecule has 0 aromatic carbocycles. The Kier molecular flexibility index (Phi) is 2.10. The van der Waals surface area contributed by atoms with Gasteiger partial charge in [0.1, 0.15) is 0 Å². The molecule has 10 nitrogen and oxygen atoms in total. The number of carbonyl (C=O) groups excluding carboxylic acids is 2. The van der Waals surface area contributed by atoms with Crippen molar-refractivity contribution in [3.8, 4) is 0 Å². The van der Waals surface area contributed by atoms with Crippen LogP contribution in [0.15, 0.2) is 0 Å². The van der Waals surface area contributed by atoms with E-state index in [0.717, 1.165) is 5.12 Å². The molecule has 0 spiro atoms. The van der Waals surface area contributed by atoms with E-state index in [1.807, 2.05) is 0 Å². The molecule has 2 rings (SSSR count). The van der Waals surface area contributed by atoms with Gasteiger partial charge >= 0.3 is 12.1 Å². The molecule has 10 heteroatoms. The van der Waals surface area contributed by atoms with Gasteiger partial charge in [-0.3, -0.25) is 5.10 Å². The van der Waals surface area contributed by atoms with Crippen molar-refractivity contribution in [2.45, 2.75) is 0 Å². The molecule has 1 amide bonds. The predicted octanol–water partition coefficient (Wildman–Crippen LogP) is -1.53. The molecule has 0 aliphatic carbocycles. The number of nitrogens with zero attached hydrogens (tertiary/aromatic N) is 3. The summed E-state index contributed by atoms with van der Waals surface area (Å²) in [4.78, 5) is 29.7. The Morgan fingerprint density at radius 3 is 3.00 bits per heavy atom. The fraction of sp³-hybridized carbons (Fsp3) is 0.200. The van der Waals surface area contributed by atoms with E-state index in [1.54, 1.807) is 0 Å². The summed E-state index contributed by atoms with van der Waals surface area (Å²) in [7, 11) is 1.21. The zero-order valence-corrected chi connectivity index (χ0v) is 7.47. The molecule has 1 fully saturated rings. The Morgan fingerprint density at radius 2 is 2.40 bits per heavy atom. The SMILES string of the molecule is COC(=O)c1nc(N2NOC(=O)N2)n[nH]1. The predicted molar refractivity (Wildman–Crippen MR) is 43.0 cm³/mol. The molecule has 3 N–H and O–H groups in total. The van der Waals surface area contributed by atoms with Crippen LogP contribution in [0.5, 0.6) is 0 Å². The molecule has 15 heavy (non-hydrogen) atoms.